The van der Waals surface area contributed by atoms with Crippen LogP contribution in [0.25, 0.3) is 0 Å². The van der Waals surface area contributed by atoms with Crippen LogP contribution in [-0.2, 0) is 13.5 Å². The molecule has 0 atom stereocenters. The second-order valence-corrected chi connectivity index (χ2v) is 4.92. The predicted octanol–water partition coefficient (Wildman–Crippen LogP) is 1.97. The van der Waals surface area contributed by atoms with Crippen molar-refractivity contribution in [3.8, 4) is 0 Å². The summed E-state index contributed by atoms with van der Waals surface area (Å²) in [6.07, 6.45) is 3.88. The van der Waals surface area contributed by atoms with Gasteiger partial charge in [0, 0.05) is 13.2 Å². The lowest BCUT2D eigenvalue weighted by Gasteiger charge is -2.06. The zero-order valence-electron chi connectivity index (χ0n) is 10.6. The van der Waals surface area contributed by atoms with Gasteiger partial charge < -0.3 is 11.1 Å². The molecule has 0 aliphatic carbocycles. The Kier molecular flexibility index (Phi) is 3.84. The molecule has 2 aromatic rings. The summed E-state index contributed by atoms with van der Waals surface area (Å²) in [6.45, 7) is 1.95. The molecule has 2 heterocycles. The van der Waals surface area contributed by atoms with Gasteiger partial charge in [-0.25, -0.2) is 4.98 Å². The van der Waals surface area contributed by atoms with Crippen LogP contribution in [0.15, 0.2) is 22.9 Å². The molecule has 0 aliphatic heterocycles. The monoisotopic (exact) mass is 323 g/mol. The van der Waals surface area contributed by atoms with Crippen LogP contribution >= 0.6 is 15.9 Å². The minimum Gasteiger partial charge on any atom is -0.397 e. The first kappa shape index (κ1) is 13.5. The zero-order valence-corrected chi connectivity index (χ0v) is 12.2. The lowest BCUT2D eigenvalue weighted by Crippen LogP contribution is -2.14. The molecule has 6 nitrogen and oxygen atoms in total. The van der Waals surface area contributed by atoms with E-state index in [1.165, 1.54) is 6.20 Å². The SMILES string of the molecule is CCc1nn(C)cc1C(=O)Nc1ncc(N)cc1Br. The molecule has 1 amide bonds. The highest BCUT2D eigenvalue weighted by molar-refractivity contribution is 9.10. The van der Waals surface area contributed by atoms with Crippen molar-refractivity contribution in [1.29, 1.82) is 0 Å². The first-order valence-electron chi connectivity index (χ1n) is 5.76. The number of hydrogen-bond acceptors (Lipinski definition) is 4. The fraction of sp³-hybridized carbons (Fsp3) is 0.250. The summed E-state index contributed by atoms with van der Waals surface area (Å²) in [5.41, 5.74) is 7.44. The standard InChI is InChI=1S/C12H14BrN5O/c1-3-10-8(6-18(2)17-10)12(19)16-11-9(13)4-7(14)5-15-11/h4-6H,3,14H2,1-2H3,(H,15,16,19). The summed E-state index contributed by atoms with van der Waals surface area (Å²) in [6, 6.07) is 1.69. The van der Waals surface area contributed by atoms with Crippen LogP contribution in [0.4, 0.5) is 11.5 Å². The molecule has 3 N–H and O–H groups in total. The van der Waals surface area contributed by atoms with Gasteiger partial charge in [-0.2, -0.15) is 5.10 Å². The molecule has 0 bridgehead atoms. The van der Waals surface area contributed by atoms with E-state index >= 15 is 0 Å². The van der Waals surface area contributed by atoms with Gasteiger partial charge in [-0.1, -0.05) is 6.92 Å². The minimum absolute atomic E-state index is 0.233. The van der Waals surface area contributed by atoms with Gasteiger partial charge in [-0.3, -0.25) is 9.48 Å². The van der Waals surface area contributed by atoms with E-state index in [1.807, 2.05) is 6.92 Å². The number of anilines is 2. The summed E-state index contributed by atoms with van der Waals surface area (Å²) < 4.78 is 2.27. The number of nitrogens with two attached hydrogens (primary N) is 1. The van der Waals surface area contributed by atoms with Crippen molar-refractivity contribution in [2.45, 2.75) is 13.3 Å². The molecular formula is C12H14BrN5O. The summed E-state index contributed by atoms with van der Waals surface area (Å²) in [5, 5.41) is 6.97. The predicted molar refractivity (Wildman–Crippen MR) is 76.9 cm³/mol. The van der Waals surface area contributed by atoms with Gasteiger partial charge >= 0.3 is 0 Å². The van der Waals surface area contributed by atoms with Gasteiger partial charge in [-0.05, 0) is 28.4 Å². The Morgan fingerprint density at radius 3 is 2.95 bits per heavy atom. The second-order valence-electron chi connectivity index (χ2n) is 4.07. The minimum atomic E-state index is -0.233. The third-order valence-corrected chi connectivity index (χ3v) is 3.18. The summed E-state index contributed by atoms with van der Waals surface area (Å²) in [4.78, 5) is 16.3. The van der Waals surface area contributed by atoms with Crippen molar-refractivity contribution >= 4 is 33.3 Å². The van der Waals surface area contributed by atoms with Crippen molar-refractivity contribution in [3.05, 3.63) is 34.2 Å². The Morgan fingerprint density at radius 2 is 2.32 bits per heavy atom. The van der Waals surface area contributed by atoms with E-state index in [1.54, 1.807) is 24.0 Å². The van der Waals surface area contributed by atoms with Crippen molar-refractivity contribution < 1.29 is 4.79 Å². The van der Waals surface area contributed by atoms with Crippen LogP contribution in [-0.4, -0.2) is 20.7 Å². The quantitative estimate of drug-likeness (QED) is 0.904. The van der Waals surface area contributed by atoms with E-state index in [4.69, 9.17) is 5.73 Å². The van der Waals surface area contributed by atoms with Gasteiger partial charge in [-0.15, -0.1) is 0 Å². The van der Waals surface area contributed by atoms with Crippen molar-refractivity contribution in [2.75, 3.05) is 11.1 Å². The number of pyridine rings is 1. The highest BCUT2D eigenvalue weighted by Gasteiger charge is 2.16. The summed E-state index contributed by atoms with van der Waals surface area (Å²) in [5.74, 6) is 0.202. The highest BCUT2D eigenvalue weighted by Crippen LogP contribution is 2.22. The zero-order chi connectivity index (χ0) is 14.0. The molecule has 2 aromatic heterocycles. The Morgan fingerprint density at radius 1 is 1.58 bits per heavy atom. The molecule has 7 heteroatoms. The maximum atomic E-state index is 12.2. The molecular weight excluding hydrogens is 310 g/mol. The molecule has 19 heavy (non-hydrogen) atoms. The highest BCUT2D eigenvalue weighted by atomic mass is 79.9. The normalized spacial score (nSPS) is 10.5. The van der Waals surface area contributed by atoms with Crippen LogP contribution in [0.2, 0.25) is 0 Å². The van der Waals surface area contributed by atoms with Crippen molar-refractivity contribution in [3.63, 3.8) is 0 Å². The van der Waals surface area contributed by atoms with Crippen LogP contribution in [0.5, 0.6) is 0 Å². The molecule has 0 saturated heterocycles. The molecule has 0 fully saturated rings. The van der Waals surface area contributed by atoms with Crippen LogP contribution in [0.3, 0.4) is 0 Å². The lowest BCUT2D eigenvalue weighted by atomic mass is 10.2. The fourth-order valence-corrected chi connectivity index (χ4v) is 2.17. The smallest absolute Gasteiger partial charge is 0.260 e. The number of rotatable bonds is 3. The maximum Gasteiger partial charge on any atom is 0.260 e. The molecule has 0 radical (unpaired) electrons. The van der Waals surface area contributed by atoms with Crippen LogP contribution in [0.1, 0.15) is 23.0 Å². The number of nitrogens with zero attached hydrogens (tertiary/aromatic N) is 3. The topological polar surface area (TPSA) is 85.8 Å². The summed E-state index contributed by atoms with van der Waals surface area (Å²) >= 11 is 3.31. The number of nitrogen functional groups attached to an aromatic ring is 1. The molecule has 100 valence electrons. The van der Waals surface area contributed by atoms with E-state index in [0.29, 0.717) is 28.0 Å². The number of amides is 1. The van der Waals surface area contributed by atoms with Crippen molar-refractivity contribution in [2.24, 2.45) is 7.05 Å². The Balaban J connectivity index is 2.25. The number of aryl methyl sites for hydroxylation is 2. The number of carbonyl (C=O) groups is 1. The van der Waals surface area contributed by atoms with Crippen LogP contribution < -0.4 is 11.1 Å². The largest absolute Gasteiger partial charge is 0.397 e. The van der Waals surface area contributed by atoms with Gasteiger partial charge in [0.25, 0.3) is 5.91 Å². The fourth-order valence-electron chi connectivity index (χ4n) is 1.70. The Labute approximate surface area is 119 Å². The number of nitrogens with one attached hydrogen (secondary N) is 1. The van der Waals surface area contributed by atoms with E-state index in [0.717, 1.165) is 5.69 Å². The van der Waals surface area contributed by atoms with Crippen LogP contribution in [0, 0.1) is 0 Å². The lowest BCUT2D eigenvalue weighted by molar-refractivity contribution is 0.102. The summed E-state index contributed by atoms with van der Waals surface area (Å²) in [7, 11) is 1.79. The number of aromatic nitrogens is 3. The third-order valence-electron chi connectivity index (χ3n) is 2.58. The van der Waals surface area contributed by atoms with E-state index in [-0.39, 0.29) is 5.91 Å². The average molecular weight is 324 g/mol. The third kappa shape index (κ3) is 2.93. The van der Waals surface area contributed by atoms with E-state index < -0.39 is 0 Å². The molecule has 0 spiro atoms. The molecule has 2 rings (SSSR count). The van der Waals surface area contributed by atoms with Gasteiger partial charge in [0.05, 0.1) is 27.6 Å². The van der Waals surface area contributed by atoms with Crippen molar-refractivity contribution in [1.82, 2.24) is 14.8 Å². The maximum absolute atomic E-state index is 12.2. The Bertz CT molecular complexity index is 623. The number of carbonyl (C=O) groups excluding carboxylic acids is 1. The van der Waals surface area contributed by atoms with E-state index in [9.17, 15) is 4.79 Å². The average Bonchev–Trinajstić information content (AvgIpc) is 2.74. The molecule has 0 aromatic carbocycles. The Hall–Kier alpha value is -1.89. The van der Waals surface area contributed by atoms with E-state index in [2.05, 4.69) is 31.3 Å². The second kappa shape index (κ2) is 5.40. The molecule has 0 aliphatic rings. The first-order chi connectivity index (χ1) is 9.01. The first-order valence-corrected chi connectivity index (χ1v) is 6.55. The van der Waals surface area contributed by atoms with Gasteiger partial charge in [0.15, 0.2) is 0 Å². The number of hydrogen-bond donors (Lipinski definition) is 2. The van der Waals surface area contributed by atoms with Gasteiger partial charge in [0.1, 0.15) is 5.82 Å². The van der Waals surface area contributed by atoms with Gasteiger partial charge in [0.2, 0.25) is 0 Å². The molecule has 0 unspecified atom stereocenters. The number of halogens is 1. The molecule has 0 saturated carbocycles.